The van der Waals surface area contributed by atoms with Gasteiger partial charge in [0.15, 0.2) is 0 Å². The summed E-state index contributed by atoms with van der Waals surface area (Å²) in [7, 11) is -2.15. The number of para-hydroxylation sites is 2. The highest BCUT2D eigenvalue weighted by molar-refractivity contribution is 7.92. The van der Waals surface area contributed by atoms with Crippen molar-refractivity contribution in [2.24, 2.45) is 0 Å². The van der Waals surface area contributed by atoms with Gasteiger partial charge in [0.1, 0.15) is 5.75 Å². The van der Waals surface area contributed by atoms with Crippen LogP contribution < -0.4 is 9.04 Å². The van der Waals surface area contributed by atoms with Crippen LogP contribution in [0.1, 0.15) is 6.92 Å². The maximum Gasteiger partial charge on any atom is 0.264 e. The summed E-state index contributed by atoms with van der Waals surface area (Å²) >= 11 is 5.80. The van der Waals surface area contributed by atoms with Crippen molar-refractivity contribution in [3.05, 3.63) is 53.6 Å². The van der Waals surface area contributed by atoms with E-state index in [1.165, 1.54) is 23.5 Å². The number of nitrogens with zero attached hydrogens (tertiary/aromatic N) is 1. The quantitative estimate of drug-likeness (QED) is 0.844. The molecule has 0 saturated carbocycles. The molecule has 0 radical (unpaired) electrons. The number of ether oxygens (including phenoxy) is 1. The van der Waals surface area contributed by atoms with Crippen LogP contribution in [0.4, 0.5) is 5.69 Å². The van der Waals surface area contributed by atoms with E-state index in [0.717, 1.165) is 0 Å². The number of hydrogen-bond donors (Lipinski definition) is 0. The third-order valence-electron chi connectivity index (χ3n) is 2.98. The smallest absolute Gasteiger partial charge is 0.264 e. The first-order valence-electron chi connectivity index (χ1n) is 6.43. The van der Waals surface area contributed by atoms with Crippen LogP contribution in [0.25, 0.3) is 0 Å². The number of hydrogen-bond acceptors (Lipinski definition) is 3. The molecule has 2 rings (SSSR count). The van der Waals surface area contributed by atoms with Crippen LogP contribution in [-0.2, 0) is 10.0 Å². The van der Waals surface area contributed by atoms with Crippen molar-refractivity contribution in [3.8, 4) is 5.75 Å². The summed E-state index contributed by atoms with van der Waals surface area (Å²) in [6.45, 7) is 2.32. The van der Waals surface area contributed by atoms with E-state index in [9.17, 15) is 8.42 Å². The van der Waals surface area contributed by atoms with E-state index < -0.39 is 10.0 Å². The molecular weight excluding hydrogens is 310 g/mol. The molecule has 21 heavy (non-hydrogen) atoms. The minimum atomic E-state index is -3.65. The highest BCUT2D eigenvalue weighted by atomic mass is 35.5. The highest BCUT2D eigenvalue weighted by Gasteiger charge is 2.23. The van der Waals surface area contributed by atoms with Crippen molar-refractivity contribution in [1.82, 2.24) is 0 Å². The summed E-state index contributed by atoms with van der Waals surface area (Å²) in [5, 5.41) is 0.492. The maximum absolute atomic E-state index is 12.6. The SMILES string of the molecule is CCOc1ccccc1N(C)S(=O)(=O)c1ccc(Cl)cc1. The molecule has 2 aromatic rings. The first-order valence-corrected chi connectivity index (χ1v) is 8.25. The monoisotopic (exact) mass is 325 g/mol. The Kier molecular flexibility index (Phi) is 4.75. The molecule has 0 N–H and O–H groups in total. The summed E-state index contributed by atoms with van der Waals surface area (Å²) in [6, 6.07) is 13.1. The predicted octanol–water partition coefficient (Wildman–Crippen LogP) is 3.56. The first-order chi connectivity index (χ1) is 9.96. The zero-order valence-corrected chi connectivity index (χ0v) is 13.4. The first kappa shape index (κ1) is 15.7. The van der Waals surface area contributed by atoms with E-state index in [4.69, 9.17) is 16.3 Å². The number of benzene rings is 2. The largest absolute Gasteiger partial charge is 0.492 e. The van der Waals surface area contributed by atoms with Crippen molar-refractivity contribution < 1.29 is 13.2 Å². The number of rotatable bonds is 5. The van der Waals surface area contributed by atoms with Gasteiger partial charge in [0.05, 0.1) is 17.2 Å². The zero-order valence-electron chi connectivity index (χ0n) is 11.8. The van der Waals surface area contributed by atoms with Crippen LogP contribution in [0.2, 0.25) is 5.02 Å². The van der Waals surface area contributed by atoms with E-state index in [2.05, 4.69) is 0 Å². The second-order valence-corrected chi connectivity index (χ2v) is 6.73. The van der Waals surface area contributed by atoms with Gasteiger partial charge in [-0.15, -0.1) is 0 Å². The average Bonchev–Trinajstić information content (AvgIpc) is 2.48. The van der Waals surface area contributed by atoms with Crippen molar-refractivity contribution in [3.63, 3.8) is 0 Å². The van der Waals surface area contributed by atoms with Gasteiger partial charge >= 0.3 is 0 Å². The standard InChI is InChI=1S/C15H16ClNO3S/c1-3-20-15-7-5-4-6-14(15)17(2)21(18,19)13-10-8-12(16)9-11-13/h4-11H,3H2,1-2H3. The molecule has 0 atom stereocenters. The molecule has 0 bridgehead atoms. The Morgan fingerprint density at radius 3 is 2.33 bits per heavy atom. The van der Waals surface area contributed by atoms with Gasteiger partial charge in [0.2, 0.25) is 0 Å². The van der Waals surface area contributed by atoms with E-state index >= 15 is 0 Å². The molecule has 6 heteroatoms. The Labute approximate surface area is 130 Å². The topological polar surface area (TPSA) is 46.6 Å². The lowest BCUT2D eigenvalue weighted by molar-refractivity contribution is 0.341. The van der Waals surface area contributed by atoms with Crippen LogP contribution in [0.5, 0.6) is 5.75 Å². The third kappa shape index (κ3) is 3.31. The molecule has 0 aliphatic carbocycles. The molecular formula is C15H16ClNO3S. The lowest BCUT2D eigenvalue weighted by Gasteiger charge is -2.22. The summed E-state index contributed by atoms with van der Waals surface area (Å²) in [5.41, 5.74) is 0.495. The van der Waals surface area contributed by atoms with Gasteiger partial charge in [-0.1, -0.05) is 23.7 Å². The lowest BCUT2D eigenvalue weighted by atomic mass is 10.3. The van der Waals surface area contributed by atoms with Gasteiger partial charge in [-0.25, -0.2) is 8.42 Å². The lowest BCUT2D eigenvalue weighted by Crippen LogP contribution is -2.27. The molecule has 0 fully saturated rings. The molecule has 0 saturated heterocycles. The van der Waals surface area contributed by atoms with E-state index in [0.29, 0.717) is 23.1 Å². The van der Waals surface area contributed by atoms with Crippen LogP contribution in [0, 0.1) is 0 Å². The van der Waals surface area contributed by atoms with E-state index in [-0.39, 0.29) is 4.90 Å². The number of halogens is 1. The molecule has 0 heterocycles. The third-order valence-corrected chi connectivity index (χ3v) is 5.01. The van der Waals surface area contributed by atoms with Crippen LogP contribution in [-0.4, -0.2) is 22.1 Å². The summed E-state index contributed by atoms with van der Waals surface area (Å²) in [6.07, 6.45) is 0. The Morgan fingerprint density at radius 1 is 1.10 bits per heavy atom. The van der Waals surface area contributed by atoms with Crippen LogP contribution in [0.15, 0.2) is 53.4 Å². The van der Waals surface area contributed by atoms with Gasteiger partial charge in [-0.3, -0.25) is 4.31 Å². The number of sulfonamides is 1. The molecule has 0 aromatic heterocycles. The molecule has 2 aromatic carbocycles. The van der Waals surface area contributed by atoms with E-state index in [1.54, 1.807) is 36.4 Å². The summed E-state index contributed by atoms with van der Waals surface area (Å²) < 4.78 is 31.9. The molecule has 0 amide bonds. The minimum Gasteiger partial charge on any atom is -0.492 e. The van der Waals surface area contributed by atoms with Crippen molar-refractivity contribution in [2.45, 2.75) is 11.8 Å². The Balaban J connectivity index is 2.43. The van der Waals surface area contributed by atoms with Crippen molar-refractivity contribution in [1.29, 1.82) is 0 Å². The second kappa shape index (κ2) is 6.37. The second-order valence-electron chi connectivity index (χ2n) is 4.33. The van der Waals surface area contributed by atoms with Gasteiger partial charge in [0.25, 0.3) is 10.0 Å². The van der Waals surface area contributed by atoms with Gasteiger partial charge < -0.3 is 4.74 Å². The molecule has 4 nitrogen and oxygen atoms in total. The zero-order chi connectivity index (χ0) is 15.5. The fourth-order valence-electron chi connectivity index (χ4n) is 1.89. The molecule has 0 aliphatic rings. The normalized spacial score (nSPS) is 11.2. The minimum absolute atomic E-state index is 0.181. The van der Waals surface area contributed by atoms with E-state index in [1.807, 2.05) is 6.92 Å². The Morgan fingerprint density at radius 2 is 1.71 bits per heavy atom. The Bertz CT molecular complexity index is 714. The van der Waals surface area contributed by atoms with Gasteiger partial charge in [0, 0.05) is 12.1 Å². The number of anilines is 1. The Hall–Kier alpha value is -1.72. The molecule has 112 valence electrons. The van der Waals surface area contributed by atoms with Crippen molar-refractivity contribution in [2.75, 3.05) is 18.0 Å². The fourth-order valence-corrected chi connectivity index (χ4v) is 3.22. The average molecular weight is 326 g/mol. The van der Waals surface area contributed by atoms with Crippen LogP contribution in [0.3, 0.4) is 0 Å². The van der Waals surface area contributed by atoms with Gasteiger partial charge in [-0.05, 0) is 43.3 Å². The molecule has 0 unspecified atom stereocenters. The predicted molar refractivity (Wildman–Crippen MR) is 84.7 cm³/mol. The summed E-state index contributed by atoms with van der Waals surface area (Å²) in [5.74, 6) is 0.528. The maximum atomic E-state index is 12.6. The fraction of sp³-hybridized carbons (Fsp3) is 0.200. The highest BCUT2D eigenvalue weighted by Crippen LogP contribution is 2.31. The van der Waals surface area contributed by atoms with Crippen LogP contribution >= 0.6 is 11.6 Å². The van der Waals surface area contributed by atoms with Crippen molar-refractivity contribution >= 4 is 27.3 Å². The molecule has 0 aliphatic heterocycles. The molecule has 0 spiro atoms. The summed E-state index contributed by atoms with van der Waals surface area (Å²) in [4.78, 5) is 0.181. The van der Waals surface area contributed by atoms with Gasteiger partial charge in [-0.2, -0.15) is 0 Å².